The predicted octanol–water partition coefficient (Wildman–Crippen LogP) is 0.231. The van der Waals surface area contributed by atoms with E-state index < -0.39 is 6.10 Å². The monoisotopic (exact) mass is 267 g/mol. The van der Waals surface area contributed by atoms with Gasteiger partial charge in [0.15, 0.2) is 11.5 Å². The summed E-state index contributed by atoms with van der Waals surface area (Å²) in [6.45, 7) is 1.95. The van der Waals surface area contributed by atoms with Gasteiger partial charge in [-0.2, -0.15) is 0 Å². The summed E-state index contributed by atoms with van der Waals surface area (Å²) >= 11 is 0. The first-order valence-electron chi connectivity index (χ1n) is 6.09. The number of amides is 1. The van der Waals surface area contributed by atoms with E-state index in [0.29, 0.717) is 17.1 Å². The van der Waals surface area contributed by atoms with E-state index >= 15 is 0 Å². The Labute approximate surface area is 111 Å². The third kappa shape index (κ3) is 3.15. The van der Waals surface area contributed by atoms with Gasteiger partial charge in [-0.15, -0.1) is 0 Å². The largest absolute Gasteiger partial charge is 0.454 e. The normalized spacial score (nSPS) is 14.3. The number of nitrogens with zero attached hydrogens (tertiary/aromatic N) is 1. The zero-order chi connectivity index (χ0) is 13.8. The first-order chi connectivity index (χ1) is 9.11. The van der Waals surface area contributed by atoms with Crippen LogP contribution in [0.2, 0.25) is 0 Å². The van der Waals surface area contributed by atoms with Crippen LogP contribution in [0, 0.1) is 0 Å². The SMILES string of the molecule is CC(O)CN(CCO)C(=O)c1ccc2c(c1)OCO2. The Morgan fingerprint density at radius 1 is 1.42 bits per heavy atom. The van der Waals surface area contributed by atoms with E-state index in [1.807, 2.05) is 0 Å². The van der Waals surface area contributed by atoms with Gasteiger partial charge in [0, 0.05) is 18.7 Å². The number of hydrogen-bond acceptors (Lipinski definition) is 5. The minimum Gasteiger partial charge on any atom is -0.454 e. The van der Waals surface area contributed by atoms with Gasteiger partial charge in [-0.25, -0.2) is 0 Å². The summed E-state index contributed by atoms with van der Waals surface area (Å²) < 4.78 is 10.4. The summed E-state index contributed by atoms with van der Waals surface area (Å²) in [4.78, 5) is 13.7. The highest BCUT2D eigenvalue weighted by Gasteiger charge is 2.20. The zero-order valence-electron chi connectivity index (χ0n) is 10.7. The van der Waals surface area contributed by atoms with Crippen LogP contribution >= 0.6 is 0 Å². The first kappa shape index (κ1) is 13.6. The molecule has 1 unspecified atom stereocenters. The zero-order valence-corrected chi connectivity index (χ0v) is 10.7. The molecule has 1 aromatic rings. The maximum absolute atomic E-state index is 12.3. The molecule has 6 heteroatoms. The van der Waals surface area contributed by atoms with Crippen molar-refractivity contribution in [1.29, 1.82) is 0 Å². The number of aliphatic hydroxyl groups is 2. The maximum Gasteiger partial charge on any atom is 0.254 e. The lowest BCUT2D eigenvalue weighted by Gasteiger charge is -2.23. The van der Waals surface area contributed by atoms with Crippen LogP contribution in [-0.4, -0.2) is 53.6 Å². The van der Waals surface area contributed by atoms with Crippen LogP contribution in [0.4, 0.5) is 0 Å². The molecule has 0 bridgehead atoms. The van der Waals surface area contributed by atoms with E-state index in [1.165, 1.54) is 4.90 Å². The quantitative estimate of drug-likeness (QED) is 0.798. The second-order valence-corrected chi connectivity index (χ2v) is 4.39. The van der Waals surface area contributed by atoms with Gasteiger partial charge < -0.3 is 24.6 Å². The molecule has 1 aliphatic heterocycles. The molecule has 1 aliphatic rings. The van der Waals surface area contributed by atoms with E-state index in [4.69, 9.17) is 14.6 Å². The van der Waals surface area contributed by atoms with Gasteiger partial charge in [0.05, 0.1) is 12.7 Å². The van der Waals surface area contributed by atoms with Gasteiger partial charge in [-0.1, -0.05) is 0 Å². The highest BCUT2D eigenvalue weighted by atomic mass is 16.7. The first-order valence-corrected chi connectivity index (χ1v) is 6.09. The third-order valence-corrected chi connectivity index (χ3v) is 2.76. The molecular formula is C13H17NO5. The van der Waals surface area contributed by atoms with Gasteiger partial charge >= 0.3 is 0 Å². The lowest BCUT2D eigenvalue weighted by atomic mass is 10.1. The number of rotatable bonds is 5. The van der Waals surface area contributed by atoms with Crippen molar-refractivity contribution in [2.75, 3.05) is 26.5 Å². The Morgan fingerprint density at radius 3 is 2.84 bits per heavy atom. The Hall–Kier alpha value is -1.79. The van der Waals surface area contributed by atoms with Crippen LogP contribution in [0.1, 0.15) is 17.3 Å². The van der Waals surface area contributed by atoms with Crippen molar-refractivity contribution in [1.82, 2.24) is 4.90 Å². The fraction of sp³-hybridized carbons (Fsp3) is 0.462. The molecule has 6 nitrogen and oxygen atoms in total. The average molecular weight is 267 g/mol. The molecule has 0 saturated carbocycles. The van der Waals surface area contributed by atoms with Gasteiger partial charge in [0.25, 0.3) is 5.91 Å². The van der Waals surface area contributed by atoms with Crippen molar-refractivity contribution in [3.8, 4) is 11.5 Å². The van der Waals surface area contributed by atoms with E-state index in [2.05, 4.69) is 0 Å². The Bertz CT molecular complexity index is 460. The van der Waals surface area contributed by atoms with Crippen molar-refractivity contribution >= 4 is 5.91 Å². The molecule has 1 heterocycles. The molecule has 1 amide bonds. The fourth-order valence-corrected chi connectivity index (χ4v) is 1.93. The molecule has 2 N–H and O–H groups in total. The van der Waals surface area contributed by atoms with Crippen molar-refractivity contribution < 1.29 is 24.5 Å². The summed E-state index contributed by atoms with van der Waals surface area (Å²) in [5, 5.41) is 18.4. The molecule has 104 valence electrons. The number of fused-ring (bicyclic) bond motifs is 1. The van der Waals surface area contributed by atoms with E-state index in [9.17, 15) is 9.90 Å². The molecule has 0 fully saturated rings. The number of ether oxygens (including phenoxy) is 2. The number of carbonyl (C=O) groups is 1. The van der Waals surface area contributed by atoms with E-state index in [-0.39, 0.29) is 32.4 Å². The van der Waals surface area contributed by atoms with Crippen molar-refractivity contribution in [3.05, 3.63) is 23.8 Å². The van der Waals surface area contributed by atoms with Crippen molar-refractivity contribution in [2.24, 2.45) is 0 Å². The second kappa shape index (κ2) is 5.90. The Kier molecular flexibility index (Phi) is 4.24. The highest BCUT2D eigenvalue weighted by Crippen LogP contribution is 2.32. The van der Waals surface area contributed by atoms with Crippen LogP contribution in [0.3, 0.4) is 0 Å². The minimum atomic E-state index is -0.649. The van der Waals surface area contributed by atoms with E-state index in [1.54, 1.807) is 25.1 Å². The van der Waals surface area contributed by atoms with Crippen LogP contribution in [-0.2, 0) is 0 Å². The van der Waals surface area contributed by atoms with Crippen molar-refractivity contribution in [3.63, 3.8) is 0 Å². The lowest BCUT2D eigenvalue weighted by molar-refractivity contribution is 0.0605. The van der Waals surface area contributed by atoms with Crippen LogP contribution in [0.5, 0.6) is 11.5 Å². The molecule has 0 spiro atoms. The van der Waals surface area contributed by atoms with Gasteiger partial charge in [-0.3, -0.25) is 4.79 Å². The summed E-state index contributed by atoms with van der Waals surface area (Å²) in [7, 11) is 0. The molecule has 0 radical (unpaired) electrons. The van der Waals surface area contributed by atoms with Crippen molar-refractivity contribution in [2.45, 2.75) is 13.0 Å². The predicted molar refractivity (Wildman–Crippen MR) is 67.2 cm³/mol. The van der Waals surface area contributed by atoms with Crippen LogP contribution in [0.15, 0.2) is 18.2 Å². The number of aliphatic hydroxyl groups excluding tert-OH is 2. The maximum atomic E-state index is 12.3. The highest BCUT2D eigenvalue weighted by molar-refractivity contribution is 5.95. The molecule has 0 aliphatic carbocycles. The standard InChI is InChI=1S/C13H17NO5/c1-9(16)7-14(4-5-15)13(17)10-2-3-11-12(6-10)19-8-18-11/h2-3,6,9,15-16H,4-5,7-8H2,1H3. The molecule has 19 heavy (non-hydrogen) atoms. The topological polar surface area (TPSA) is 79.2 Å². The third-order valence-electron chi connectivity index (χ3n) is 2.76. The van der Waals surface area contributed by atoms with Gasteiger partial charge in [0.1, 0.15) is 0 Å². The summed E-state index contributed by atoms with van der Waals surface area (Å²) in [6, 6.07) is 4.93. The molecular weight excluding hydrogens is 250 g/mol. The minimum absolute atomic E-state index is 0.150. The smallest absolute Gasteiger partial charge is 0.254 e. The molecule has 0 aromatic heterocycles. The number of hydrogen-bond donors (Lipinski definition) is 2. The number of carbonyl (C=O) groups excluding carboxylic acids is 1. The van der Waals surface area contributed by atoms with Gasteiger partial charge in [0.2, 0.25) is 6.79 Å². The Balaban J connectivity index is 2.16. The molecule has 2 rings (SSSR count). The van der Waals surface area contributed by atoms with Crippen LogP contribution in [0.25, 0.3) is 0 Å². The fourth-order valence-electron chi connectivity index (χ4n) is 1.93. The summed E-state index contributed by atoms with van der Waals surface area (Å²) in [5.41, 5.74) is 0.443. The van der Waals surface area contributed by atoms with Crippen LogP contribution < -0.4 is 9.47 Å². The lowest BCUT2D eigenvalue weighted by Crippen LogP contribution is -2.38. The van der Waals surface area contributed by atoms with E-state index in [0.717, 1.165) is 0 Å². The summed E-state index contributed by atoms with van der Waals surface area (Å²) in [6.07, 6.45) is -0.649. The molecule has 1 aromatic carbocycles. The summed E-state index contributed by atoms with van der Waals surface area (Å²) in [5.74, 6) is 0.890. The Morgan fingerprint density at radius 2 is 2.16 bits per heavy atom. The van der Waals surface area contributed by atoms with Gasteiger partial charge in [-0.05, 0) is 25.1 Å². The average Bonchev–Trinajstić information content (AvgIpc) is 2.84. The molecule has 1 atom stereocenters. The second-order valence-electron chi connectivity index (χ2n) is 4.39. The molecule has 0 saturated heterocycles. The number of benzene rings is 1.